The summed E-state index contributed by atoms with van der Waals surface area (Å²) in [6.45, 7) is 6.88. The van der Waals surface area contributed by atoms with E-state index in [0.29, 0.717) is 25.5 Å². The number of β-amino-alcohol motifs (C(OH)–C–C–N with tert-alkyl or cyclic N) is 1. The van der Waals surface area contributed by atoms with Crippen LogP contribution in [-0.2, 0) is 4.79 Å². The lowest BCUT2D eigenvalue weighted by atomic mass is 9.93. The fourth-order valence-corrected chi connectivity index (χ4v) is 3.30. The number of hydrogen-bond acceptors (Lipinski definition) is 4. The van der Waals surface area contributed by atoms with Crippen LogP contribution < -0.4 is 10.1 Å². The largest absolute Gasteiger partial charge is 0.491 e. The van der Waals surface area contributed by atoms with Gasteiger partial charge in [-0.25, -0.2) is 0 Å². The van der Waals surface area contributed by atoms with Gasteiger partial charge in [0.15, 0.2) is 0 Å². The lowest BCUT2D eigenvalue weighted by molar-refractivity contribution is -0.121. The van der Waals surface area contributed by atoms with Crippen molar-refractivity contribution >= 4 is 5.91 Å². The Morgan fingerprint density at radius 3 is 2.50 bits per heavy atom. The molecule has 0 aliphatic carbocycles. The van der Waals surface area contributed by atoms with Crippen molar-refractivity contribution in [3.8, 4) is 5.75 Å². The first-order valence-corrected chi connectivity index (χ1v) is 8.78. The van der Waals surface area contributed by atoms with Crippen LogP contribution in [0.25, 0.3) is 0 Å². The number of carbonyl (C=O) groups is 1. The smallest absolute Gasteiger partial charge is 0.220 e. The number of likely N-dealkylation sites (tertiary alicyclic amines) is 1. The van der Waals surface area contributed by atoms with Crippen LogP contribution in [0, 0.1) is 19.8 Å². The van der Waals surface area contributed by atoms with E-state index in [4.69, 9.17) is 4.74 Å². The molecular weight excluding hydrogens is 304 g/mol. The Balaban J connectivity index is 1.69. The first-order chi connectivity index (χ1) is 11.5. The molecule has 1 unspecified atom stereocenters. The topological polar surface area (TPSA) is 61.8 Å². The van der Waals surface area contributed by atoms with Crippen molar-refractivity contribution in [2.24, 2.45) is 5.92 Å². The normalized spacial score (nSPS) is 17.5. The molecule has 1 amide bonds. The van der Waals surface area contributed by atoms with Gasteiger partial charge in [0.05, 0.1) is 0 Å². The van der Waals surface area contributed by atoms with Crippen molar-refractivity contribution in [3.05, 3.63) is 29.3 Å². The molecular formula is C19H30N2O3. The number of ether oxygens (including phenoxy) is 1. The molecule has 1 aliphatic rings. The van der Waals surface area contributed by atoms with Crippen LogP contribution in [0.2, 0.25) is 0 Å². The fraction of sp³-hybridized carbons (Fsp3) is 0.632. The Kier molecular flexibility index (Phi) is 7.06. The average molecular weight is 334 g/mol. The molecule has 1 heterocycles. The summed E-state index contributed by atoms with van der Waals surface area (Å²) in [5.41, 5.74) is 2.33. The molecule has 1 aromatic carbocycles. The van der Waals surface area contributed by atoms with Crippen molar-refractivity contribution < 1.29 is 14.6 Å². The lowest BCUT2D eigenvalue weighted by Crippen LogP contribution is -2.41. The van der Waals surface area contributed by atoms with Gasteiger partial charge in [-0.15, -0.1) is 0 Å². The van der Waals surface area contributed by atoms with Gasteiger partial charge in [-0.3, -0.25) is 4.79 Å². The summed E-state index contributed by atoms with van der Waals surface area (Å²) in [7, 11) is 1.68. The molecule has 134 valence electrons. The number of piperidine rings is 1. The zero-order valence-electron chi connectivity index (χ0n) is 15.0. The molecule has 0 saturated carbocycles. The quantitative estimate of drug-likeness (QED) is 0.799. The Hall–Kier alpha value is -1.59. The van der Waals surface area contributed by atoms with Gasteiger partial charge in [0.2, 0.25) is 5.91 Å². The first-order valence-electron chi connectivity index (χ1n) is 8.78. The minimum Gasteiger partial charge on any atom is -0.491 e. The Bertz CT molecular complexity index is 519. The molecule has 1 fully saturated rings. The van der Waals surface area contributed by atoms with Gasteiger partial charge in [-0.2, -0.15) is 0 Å². The van der Waals surface area contributed by atoms with E-state index < -0.39 is 6.10 Å². The van der Waals surface area contributed by atoms with Crippen LogP contribution in [-0.4, -0.2) is 55.3 Å². The van der Waals surface area contributed by atoms with Crippen LogP contribution >= 0.6 is 0 Å². The van der Waals surface area contributed by atoms with E-state index in [1.165, 1.54) is 0 Å². The second kappa shape index (κ2) is 9.04. The van der Waals surface area contributed by atoms with Gasteiger partial charge in [-0.05, 0) is 69.0 Å². The summed E-state index contributed by atoms with van der Waals surface area (Å²) in [4.78, 5) is 13.7. The molecule has 24 heavy (non-hydrogen) atoms. The van der Waals surface area contributed by atoms with Crippen molar-refractivity contribution in [1.29, 1.82) is 0 Å². The monoisotopic (exact) mass is 334 g/mol. The Labute approximate surface area is 145 Å². The number of aliphatic hydroxyl groups excluding tert-OH is 1. The summed E-state index contributed by atoms with van der Waals surface area (Å²) in [6, 6.07) is 6.08. The second-order valence-corrected chi connectivity index (χ2v) is 6.91. The molecule has 5 heteroatoms. The summed E-state index contributed by atoms with van der Waals surface area (Å²) in [5, 5.41) is 12.9. The third kappa shape index (κ3) is 6.13. The maximum absolute atomic E-state index is 11.4. The number of hydrogen-bond donors (Lipinski definition) is 2. The summed E-state index contributed by atoms with van der Waals surface area (Å²) < 4.78 is 5.73. The SMILES string of the molecule is CNC(=O)CC1CCN(CC(O)COc2cc(C)cc(C)c2)CC1. The van der Waals surface area contributed by atoms with E-state index in [1.807, 2.05) is 26.0 Å². The third-order valence-electron chi connectivity index (χ3n) is 4.57. The predicted molar refractivity (Wildman–Crippen MR) is 95.3 cm³/mol. The number of nitrogens with one attached hydrogen (secondary N) is 1. The lowest BCUT2D eigenvalue weighted by Gasteiger charge is -2.32. The third-order valence-corrected chi connectivity index (χ3v) is 4.57. The van der Waals surface area contributed by atoms with Crippen LogP contribution in [0.4, 0.5) is 0 Å². The van der Waals surface area contributed by atoms with Gasteiger partial charge in [0.1, 0.15) is 18.5 Å². The molecule has 0 bridgehead atoms. The van der Waals surface area contributed by atoms with Gasteiger partial charge in [-0.1, -0.05) is 6.07 Å². The molecule has 1 aliphatic heterocycles. The average Bonchev–Trinajstić information content (AvgIpc) is 2.54. The Morgan fingerprint density at radius 1 is 1.29 bits per heavy atom. The van der Waals surface area contributed by atoms with Crippen molar-refractivity contribution in [2.75, 3.05) is 33.3 Å². The highest BCUT2D eigenvalue weighted by Gasteiger charge is 2.22. The highest BCUT2D eigenvalue weighted by molar-refractivity contribution is 5.75. The van der Waals surface area contributed by atoms with Gasteiger partial charge in [0.25, 0.3) is 0 Å². The highest BCUT2D eigenvalue weighted by atomic mass is 16.5. The molecule has 1 aromatic rings. The van der Waals surface area contributed by atoms with Crippen LogP contribution in [0.1, 0.15) is 30.4 Å². The maximum atomic E-state index is 11.4. The van der Waals surface area contributed by atoms with Crippen molar-refractivity contribution in [1.82, 2.24) is 10.2 Å². The zero-order chi connectivity index (χ0) is 17.5. The van der Waals surface area contributed by atoms with Crippen molar-refractivity contribution in [2.45, 2.75) is 39.2 Å². The number of aryl methyl sites for hydroxylation is 2. The Morgan fingerprint density at radius 2 is 1.92 bits per heavy atom. The highest BCUT2D eigenvalue weighted by Crippen LogP contribution is 2.21. The van der Waals surface area contributed by atoms with E-state index in [0.717, 1.165) is 42.8 Å². The molecule has 0 spiro atoms. The van der Waals surface area contributed by atoms with Crippen LogP contribution in [0.15, 0.2) is 18.2 Å². The number of aliphatic hydroxyl groups is 1. The minimum atomic E-state index is -0.499. The van der Waals surface area contributed by atoms with E-state index in [9.17, 15) is 9.90 Å². The molecule has 5 nitrogen and oxygen atoms in total. The second-order valence-electron chi connectivity index (χ2n) is 6.91. The standard InChI is InChI=1S/C19H30N2O3/c1-14-8-15(2)10-18(9-14)24-13-17(22)12-21-6-4-16(5-7-21)11-19(23)20-3/h8-10,16-17,22H,4-7,11-13H2,1-3H3,(H,20,23). The van der Waals surface area contributed by atoms with E-state index in [1.54, 1.807) is 7.05 Å². The number of nitrogens with zero attached hydrogens (tertiary/aromatic N) is 1. The summed E-state index contributed by atoms with van der Waals surface area (Å²) in [5.74, 6) is 1.40. The molecule has 0 radical (unpaired) electrons. The molecule has 0 aromatic heterocycles. The predicted octanol–water partition coefficient (Wildman–Crippen LogP) is 1.89. The summed E-state index contributed by atoms with van der Waals surface area (Å²) >= 11 is 0. The van der Waals surface area contributed by atoms with Gasteiger partial charge < -0.3 is 20.1 Å². The number of rotatable bonds is 7. The fourth-order valence-electron chi connectivity index (χ4n) is 3.30. The minimum absolute atomic E-state index is 0.121. The molecule has 2 rings (SSSR count). The van der Waals surface area contributed by atoms with Crippen molar-refractivity contribution in [3.63, 3.8) is 0 Å². The van der Waals surface area contributed by atoms with Crippen LogP contribution in [0.3, 0.4) is 0 Å². The zero-order valence-corrected chi connectivity index (χ0v) is 15.0. The molecule has 1 saturated heterocycles. The number of carbonyl (C=O) groups excluding carboxylic acids is 1. The number of amides is 1. The first kappa shape index (κ1) is 18.7. The maximum Gasteiger partial charge on any atom is 0.220 e. The van der Waals surface area contributed by atoms with E-state index >= 15 is 0 Å². The van der Waals surface area contributed by atoms with Gasteiger partial charge in [0, 0.05) is 20.0 Å². The molecule has 2 N–H and O–H groups in total. The summed E-state index contributed by atoms with van der Waals surface area (Å²) in [6.07, 6.45) is 2.14. The number of benzene rings is 1. The van der Waals surface area contributed by atoms with E-state index in [-0.39, 0.29) is 5.91 Å². The van der Waals surface area contributed by atoms with Gasteiger partial charge >= 0.3 is 0 Å². The van der Waals surface area contributed by atoms with Crippen LogP contribution in [0.5, 0.6) is 5.75 Å². The van der Waals surface area contributed by atoms with E-state index in [2.05, 4.69) is 16.3 Å². The molecule has 1 atom stereocenters.